The number of halogens is 4. The molecule has 0 unspecified atom stereocenters. The number of carbonyl (C=O) groups is 2. The van der Waals surface area contributed by atoms with E-state index in [9.17, 15) is 9.59 Å². The van der Waals surface area contributed by atoms with E-state index in [-0.39, 0.29) is 35.2 Å². The minimum absolute atomic E-state index is 0.256. The lowest BCUT2D eigenvalue weighted by Gasteiger charge is -2.56. The molecule has 4 bridgehead atoms. The molecule has 22 heavy (non-hydrogen) atoms. The van der Waals surface area contributed by atoms with Gasteiger partial charge in [0.15, 0.2) is 11.6 Å². The van der Waals surface area contributed by atoms with Crippen molar-refractivity contribution in [3.63, 3.8) is 0 Å². The molecule has 6 heteroatoms. The molecule has 0 aromatic heterocycles. The van der Waals surface area contributed by atoms with Crippen LogP contribution in [0.2, 0.25) is 0 Å². The van der Waals surface area contributed by atoms with Gasteiger partial charge in [0.1, 0.15) is 19.5 Å². The molecular formula is C16H12Cl4O2. The predicted octanol–water partition coefficient (Wildman–Crippen LogP) is 3.46. The van der Waals surface area contributed by atoms with E-state index in [0.717, 1.165) is 0 Å². The second-order valence-corrected chi connectivity index (χ2v) is 9.56. The van der Waals surface area contributed by atoms with E-state index in [2.05, 4.69) is 0 Å². The van der Waals surface area contributed by atoms with Gasteiger partial charge in [-0.15, -0.1) is 46.4 Å². The highest BCUT2D eigenvalue weighted by Gasteiger charge is 2.87. The Labute approximate surface area is 147 Å². The van der Waals surface area contributed by atoms with Gasteiger partial charge in [-0.2, -0.15) is 0 Å². The highest BCUT2D eigenvalue weighted by Crippen LogP contribution is 2.73. The number of fused-ring (bicyclic) bond motifs is 10. The molecule has 116 valence electrons. The lowest BCUT2D eigenvalue weighted by molar-refractivity contribution is -0.141. The van der Waals surface area contributed by atoms with Crippen LogP contribution >= 0.6 is 46.4 Å². The fourth-order valence-corrected chi connectivity index (χ4v) is 7.77. The quantitative estimate of drug-likeness (QED) is 0.478. The molecule has 3 saturated carbocycles. The second kappa shape index (κ2) is 3.64. The number of hydrogen-bond acceptors (Lipinski definition) is 2. The average Bonchev–Trinajstić information content (AvgIpc) is 3.23. The Bertz CT molecular complexity index is 605. The summed E-state index contributed by atoms with van der Waals surface area (Å²) in [4.78, 5) is 20.9. The molecule has 0 aliphatic heterocycles. The zero-order chi connectivity index (χ0) is 15.7. The Morgan fingerprint density at radius 2 is 0.864 bits per heavy atom. The Morgan fingerprint density at radius 3 is 1.09 bits per heavy atom. The van der Waals surface area contributed by atoms with Crippen LogP contribution in [0, 0.1) is 23.7 Å². The minimum atomic E-state index is -1.48. The van der Waals surface area contributed by atoms with E-state index in [1.807, 2.05) is 24.3 Å². The number of hydrogen-bond donors (Lipinski definition) is 0. The lowest BCUT2D eigenvalue weighted by Crippen LogP contribution is -2.78. The van der Waals surface area contributed by atoms with Crippen LogP contribution < -0.4 is 0 Å². The van der Waals surface area contributed by atoms with E-state index in [1.165, 1.54) is 0 Å². The van der Waals surface area contributed by atoms with Crippen molar-refractivity contribution in [1.29, 1.82) is 0 Å². The van der Waals surface area contributed by atoms with Gasteiger partial charge >= 0.3 is 0 Å². The van der Waals surface area contributed by atoms with Gasteiger partial charge in [0.2, 0.25) is 0 Å². The summed E-state index contributed by atoms with van der Waals surface area (Å²) in [7, 11) is 0. The molecule has 5 rings (SSSR count). The highest BCUT2D eigenvalue weighted by atomic mass is 35.5. The van der Waals surface area contributed by atoms with Crippen LogP contribution in [0.4, 0.5) is 0 Å². The maximum absolute atomic E-state index is 13.4. The summed E-state index contributed by atoms with van der Waals surface area (Å²) >= 11 is 27.2. The first-order valence-electron chi connectivity index (χ1n) is 7.45. The highest BCUT2D eigenvalue weighted by molar-refractivity contribution is 6.64. The van der Waals surface area contributed by atoms with Gasteiger partial charge in [0.05, 0.1) is 0 Å². The van der Waals surface area contributed by atoms with Crippen molar-refractivity contribution in [2.45, 2.75) is 32.3 Å². The summed E-state index contributed by atoms with van der Waals surface area (Å²) in [6.07, 6.45) is 8.80. The SMILES string of the molecule is O=C1[C@@]2(Cl)[C@H]3C=C[C@@H](C3)[C@@]2(Cl)C(=O)[C@]2(Cl)[C@H]3C=C[C@H](C3)[C@@]12Cl. The first-order valence-corrected chi connectivity index (χ1v) is 8.96. The Hall–Kier alpha value is -0.0200. The van der Waals surface area contributed by atoms with E-state index in [1.54, 1.807) is 0 Å². The van der Waals surface area contributed by atoms with Gasteiger partial charge in [0.25, 0.3) is 0 Å². The maximum atomic E-state index is 13.4. The van der Waals surface area contributed by atoms with Crippen molar-refractivity contribution in [2.24, 2.45) is 23.7 Å². The fraction of sp³-hybridized carbons (Fsp3) is 0.625. The van der Waals surface area contributed by atoms with Crippen molar-refractivity contribution in [2.75, 3.05) is 0 Å². The van der Waals surface area contributed by atoms with Gasteiger partial charge in [-0.1, -0.05) is 24.3 Å². The van der Waals surface area contributed by atoms with Crippen LogP contribution in [-0.4, -0.2) is 31.1 Å². The number of ketones is 2. The Kier molecular flexibility index (Phi) is 2.37. The smallest absolute Gasteiger partial charge is 0.180 e. The minimum Gasteiger partial charge on any atom is -0.295 e. The number of carbonyl (C=O) groups excluding carboxylic acids is 2. The van der Waals surface area contributed by atoms with Gasteiger partial charge in [-0.25, -0.2) is 0 Å². The summed E-state index contributed by atoms with van der Waals surface area (Å²) in [5.74, 6) is -1.74. The summed E-state index contributed by atoms with van der Waals surface area (Å²) in [5, 5.41) is 0. The molecule has 0 radical (unpaired) electrons. The number of rotatable bonds is 0. The molecular weight excluding hydrogens is 366 g/mol. The van der Waals surface area contributed by atoms with Crippen molar-refractivity contribution in [1.82, 2.24) is 0 Å². The molecule has 0 aromatic rings. The van der Waals surface area contributed by atoms with Crippen LogP contribution in [0.3, 0.4) is 0 Å². The Morgan fingerprint density at radius 1 is 0.636 bits per heavy atom. The molecule has 2 nitrogen and oxygen atoms in total. The first-order chi connectivity index (χ1) is 10.2. The van der Waals surface area contributed by atoms with E-state index in [0.29, 0.717) is 12.8 Å². The van der Waals surface area contributed by atoms with Crippen molar-refractivity contribution in [3.8, 4) is 0 Å². The van der Waals surface area contributed by atoms with E-state index in [4.69, 9.17) is 46.4 Å². The van der Waals surface area contributed by atoms with Gasteiger partial charge in [-0.05, 0) is 12.8 Å². The largest absolute Gasteiger partial charge is 0.295 e. The standard InChI is InChI=1S/C16H12Cl4O2/c17-13-7-1-2-8(5-7)14(13,18)12(22)16(20)10-4-3-9(6-10)15(16,19)11(13)21/h1-4,7-10H,5-6H2/t7-,8-,9-,10+,13+,14-,15+,16+/m0/s1. The van der Waals surface area contributed by atoms with Crippen LogP contribution in [-0.2, 0) is 9.59 Å². The second-order valence-electron chi connectivity index (χ2n) is 7.17. The Balaban J connectivity index is 1.84. The zero-order valence-corrected chi connectivity index (χ0v) is 14.4. The molecule has 0 amide bonds. The zero-order valence-electron chi connectivity index (χ0n) is 11.4. The van der Waals surface area contributed by atoms with Crippen molar-refractivity contribution in [3.05, 3.63) is 24.3 Å². The maximum Gasteiger partial charge on any atom is 0.180 e. The molecule has 0 spiro atoms. The molecule has 8 atom stereocenters. The molecule has 5 aliphatic rings. The van der Waals surface area contributed by atoms with Crippen molar-refractivity contribution < 1.29 is 9.59 Å². The average molecular weight is 378 g/mol. The van der Waals surface area contributed by atoms with E-state index < -0.39 is 19.5 Å². The monoisotopic (exact) mass is 376 g/mol. The third kappa shape index (κ3) is 1.02. The molecule has 0 heterocycles. The van der Waals surface area contributed by atoms with Crippen LogP contribution in [0.1, 0.15) is 12.8 Å². The molecule has 0 N–H and O–H groups in total. The number of alkyl halides is 4. The van der Waals surface area contributed by atoms with Gasteiger partial charge in [-0.3, -0.25) is 9.59 Å². The van der Waals surface area contributed by atoms with Crippen LogP contribution in [0.15, 0.2) is 24.3 Å². The van der Waals surface area contributed by atoms with Crippen LogP contribution in [0.5, 0.6) is 0 Å². The molecule has 5 aliphatic carbocycles. The van der Waals surface area contributed by atoms with Crippen molar-refractivity contribution >= 4 is 58.0 Å². The number of Topliss-reactive ketones (excluding diaryl/α,β-unsaturated/α-hetero) is 2. The predicted molar refractivity (Wildman–Crippen MR) is 85.8 cm³/mol. The molecule has 0 saturated heterocycles. The molecule has 0 aromatic carbocycles. The van der Waals surface area contributed by atoms with Gasteiger partial charge < -0.3 is 0 Å². The van der Waals surface area contributed by atoms with E-state index >= 15 is 0 Å². The van der Waals surface area contributed by atoms with Crippen LogP contribution in [0.25, 0.3) is 0 Å². The lowest BCUT2D eigenvalue weighted by atomic mass is 9.58. The van der Waals surface area contributed by atoms with Gasteiger partial charge in [0, 0.05) is 23.7 Å². The summed E-state index contributed by atoms with van der Waals surface area (Å²) < 4.78 is 0. The third-order valence-corrected chi connectivity index (χ3v) is 9.79. The fourth-order valence-electron chi connectivity index (χ4n) is 5.52. The third-order valence-electron chi connectivity index (χ3n) is 6.59. The summed E-state index contributed by atoms with van der Waals surface area (Å²) in [6.45, 7) is 0. The molecule has 3 fully saturated rings. The number of allylic oxidation sites excluding steroid dienone is 4. The summed E-state index contributed by atoms with van der Waals surface area (Å²) in [5.41, 5.74) is 0. The first kappa shape index (κ1) is 14.3. The topological polar surface area (TPSA) is 34.1 Å². The normalized spacial score (nSPS) is 63.6. The summed E-state index contributed by atoms with van der Waals surface area (Å²) in [6, 6.07) is 0.